The van der Waals surface area contributed by atoms with Crippen molar-refractivity contribution in [2.24, 2.45) is 21.5 Å². The summed E-state index contributed by atoms with van der Waals surface area (Å²) < 4.78 is 0. The predicted molar refractivity (Wildman–Crippen MR) is 134 cm³/mol. The molecule has 0 saturated carbocycles. The van der Waals surface area contributed by atoms with Crippen LogP contribution in [0, 0.1) is 10.1 Å². The van der Waals surface area contributed by atoms with Crippen LogP contribution in [0.15, 0.2) is 46.4 Å². The third-order valence-corrected chi connectivity index (χ3v) is 4.49. The molecule has 0 amide bonds. The fourth-order valence-electron chi connectivity index (χ4n) is 2.49. The zero-order valence-corrected chi connectivity index (χ0v) is 18.8. The number of amidine groups is 2. The molecule has 10 heteroatoms. The summed E-state index contributed by atoms with van der Waals surface area (Å²) in [6, 6.07) is 9.77. The molecular formula is C22H34N8O2. The van der Waals surface area contributed by atoms with Gasteiger partial charge in [-0.05, 0) is 43.2 Å². The van der Waals surface area contributed by atoms with Crippen LogP contribution in [0.3, 0.4) is 0 Å². The molecule has 2 aromatic rings. The Hall–Kier alpha value is -3.82. The van der Waals surface area contributed by atoms with Gasteiger partial charge in [-0.2, -0.15) is 0 Å². The van der Waals surface area contributed by atoms with Crippen LogP contribution in [0.4, 0.5) is 22.7 Å². The minimum atomic E-state index is -0.530. The number of hydrogen-bond acceptors (Lipinski definition) is 7. The Morgan fingerprint density at radius 1 is 0.812 bits per heavy atom. The molecule has 0 spiro atoms. The lowest BCUT2D eigenvalue weighted by molar-refractivity contribution is -0.383. The Bertz CT molecular complexity index is 957. The molecule has 0 atom stereocenters. The summed E-state index contributed by atoms with van der Waals surface area (Å²) in [6.45, 7) is 5.56. The zero-order valence-electron chi connectivity index (χ0n) is 18.8. The molecule has 0 radical (unpaired) electrons. The van der Waals surface area contributed by atoms with E-state index in [1.165, 1.54) is 12.1 Å². The smallest absolute Gasteiger partial charge is 0.292 e. The number of benzene rings is 2. The Labute approximate surface area is 188 Å². The minimum absolute atomic E-state index is 0.125. The van der Waals surface area contributed by atoms with Gasteiger partial charge in [0.25, 0.3) is 5.69 Å². The van der Waals surface area contributed by atoms with Gasteiger partial charge in [0.1, 0.15) is 17.4 Å². The van der Waals surface area contributed by atoms with Crippen molar-refractivity contribution in [2.45, 2.75) is 39.5 Å². The van der Waals surface area contributed by atoms with Gasteiger partial charge in [0.2, 0.25) is 0 Å². The van der Waals surface area contributed by atoms with E-state index >= 15 is 0 Å². The topological polar surface area (TPSA) is 198 Å². The lowest BCUT2D eigenvalue weighted by Crippen LogP contribution is -2.14. The normalized spacial score (nSPS) is 11.6. The molecule has 0 aliphatic rings. The molecule has 2 rings (SSSR count). The fourth-order valence-corrected chi connectivity index (χ4v) is 2.49. The number of nitrogen functional groups attached to an aromatic ring is 3. The van der Waals surface area contributed by atoms with Crippen molar-refractivity contribution >= 4 is 34.4 Å². The first kappa shape index (κ1) is 26.2. The number of unbranched alkanes of at least 4 members (excludes halogenated alkanes) is 2. The number of nitrogens with zero attached hydrogens (tertiary/aromatic N) is 3. The molecular weight excluding hydrogens is 408 g/mol. The lowest BCUT2D eigenvalue weighted by atomic mass is 10.1. The molecule has 174 valence electrons. The quantitative estimate of drug-likeness (QED) is 0.0980. The van der Waals surface area contributed by atoms with Crippen LogP contribution in [0.25, 0.3) is 0 Å². The molecule has 32 heavy (non-hydrogen) atoms. The van der Waals surface area contributed by atoms with Crippen molar-refractivity contribution in [3.8, 4) is 0 Å². The van der Waals surface area contributed by atoms with Gasteiger partial charge in [0.15, 0.2) is 0 Å². The monoisotopic (exact) mass is 442 g/mol. The molecule has 10 nitrogen and oxygen atoms in total. The van der Waals surface area contributed by atoms with Gasteiger partial charge in [0.05, 0.1) is 16.3 Å². The maximum absolute atomic E-state index is 10.7. The summed E-state index contributed by atoms with van der Waals surface area (Å²) >= 11 is 0. The second-order valence-electron chi connectivity index (χ2n) is 7.12. The molecule has 0 heterocycles. The zero-order chi connectivity index (χ0) is 24.1. The van der Waals surface area contributed by atoms with E-state index < -0.39 is 4.92 Å². The maximum atomic E-state index is 10.7. The van der Waals surface area contributed by atoms with Crippen LogP contribution in [-0.2, 0) is 0 Å². The van der Waals surface area contributed by atoms with Crippen molar-refractivity contribution in [3.63, 3.8) is 0 Å². The predicted octanol–water partition coefficient (Wildman–Crippen LogP) is 3.04. The minimum Gasteiger partial charge on any atom is -0.397 e. The summed E-state index contributed by atoms with van der Waals surface area (Å²) in [5.74, 6) is 0.830. The van der Waals surface area contributed by atoms with E-state index in [9.17, 15) is 10.1 Å². The molecule has 0 aromatic heterocycles. The molecule has 10 N–H and O–H groups in total. The average molecular weight is 443 g/mol. The van der Waals surface area contributed by atoms with Crippen LogP contribution in [0.1, 0.15) is 50.7 Å². The molecule has 0 fully saturated rings. The highest BCUT2D eigenvalue weighted by atomic mass is 16.6. The van der Waals surface area contributed by atoms with E-state index in [1.54, 1.807) is 18.2 Å². The summed E-state index contributed by atoms with van der Waals surface area (Å²) in [7, 11) is 0. The van der Waals surface area contributed by atoms with E-state index in [-0.39, 0.29) is 11.4 Å². The van der Waals surface area contributed by atoms with Crippen molar-refractivity contribution in [2.75, 3.05) is 30.3 Å². The van der Waals surface area contributed by atoms with Crippen LogP contribution in [0.2, 0.25) is 0 Å². The largest absolute Gasteiger partial charge is 0.397 e. The van der Waals surface area contributed by atoms with Gasteiger partial charge >= 0.3 is 0 Å². The number of nitro groups is 1. The Morgan fingerprint density at radius 2 is 1.28 bits per heavy atom. The van der Waals surface area contributed by atoms with Crippen molar-refractivity contribution in [1.82, 2.24) is 0 Å². The maximum Gasteiger partial charge on any atom is 0.292 e. The number of aliphatic imine (C=N–C) groups is 2. The highest BCUT2D eigenvalue weighted by molar-refractivity contribution is 5.99. The van der Waals surface area contributed by atoms with Crippen molar-refractivity contribution in [3.05, 3.63) is 57.6 Å². The molecule has 0 saturated heterocycles. The van der Waals surface area contributed by atoms with Crippen molar-refractivity contribution in [1.29, 1.82) is 0 Å². The summed E-state index contributed by atoms with van der Waals surface area (Å²) in [5, 5.41) is 10.7. The van der Waals surface area contributed by atoms with E-state index in [2.05, 4.69) is 23.8 Å². The standard InChI is InChI=1S/C11H16N4O2.C11H18N4/c1-2-3-6-14-11(13)8-4-5-9(12)10(7-8)15(16)17;1-2-3-6-15-11(14)8-4-5-9(12)10(13)7-8/h4-5,7H,2-3,6,12H2,1H3,(H2,13,14);4-5,7H,2-3,6,12-13H2,1H3,(H2,14,15). The van der Waals surface area contributed by atoms with Gasteiger partial charge in [-0.1, -0.05) is 26.7 Å². The number of anilines is 3. The Balaban J connectivity index is 0.000000323. The van der Waals surface area contributed by atoms with E-state index in [0.717, 1.165) is 37.8 Å². The average Bonchev–Trinajstić information content (AvgIpc) is 2.76. The van der Waals surface area contributed by atoms with E-state index in [4.69, 9.17) is 28.7 Å². The fraction of sp³-hybridized carbons (Fsp3) is 0.364. The van der Waals surface area contributed by atoms with Gasteiger partial charge in [0, 0.05) is 30.3 Å². The van der Waals surface area contributed by atoms with E-state index in [1.807, 2.05) is 6.07 Å². The SMILES string of the molecule is CCCCN=C(N)c1ccc(N)c(N)c1.CCCCN=C(N)c1ccc(N)c([N+](=O)[O-])c1. The second kappa shape index (κ2) is 13.5. The molecule has 0 aliphatic heterocycles. The number of hydrogen-bond donors (Lipinski definition) is 5. The second-order valence-corrected chi connectivity index (χ2v) is 7.12. The first-order valence-corrected chi connectivity index (χ1v) is 10.5. The molecule has 2 aromatic carbocycles. The van der Waals surface area contributed by atoms with Crippen LogP contribution >= 0.6 is 0 Å². The van der Waals surface area contributed by atoms with Gasteiger partial charge in [-0.15, -0.1) is 0 Å². The number of nitro benzene ring substituents is 1. The molecule has 0 bridgehead atoms. The summed E-state index contributed by atoms with van der Waals surface area (Å²) in [5.41, 5.74) is 30.8. The van der Waals surface area contributed by atoms with E-state index in [0.29, 0.717) is 35.2 Å². The number of nitrogens with two attached hydrogens (primary N) is 5. The van der Waals surface area contributed by atoms with Gasteiger partial charge in [-0.25, -0.2) is 0 Å². The molecule has 0 unspecified atom stereocenters. The van der Waals surface area contributed by atoms with Gasteiger partial charge < -0.3 is 28.7 Å². The summed E-state index contributed by atoms with van der Waals surface area (Å²) in [6.07, 6.45) is 4.13. The first-order chi connectivity index (χ1) is 15.2. The first-order valence-electron chi connectivity index (χ1n) is 10.5. The lowest BCUT2D eigenvalue weighted by Gasteiger charge is -2.04. The third-order valence-electron chi connectivity index (χ3n) is 4.49. The Morgan fingerprint density at radius 3 is 1.72 bits per heavy atom. The molecule has 0 aliphatic carbocycles. The van der Waals surface area contributed by atoms with Gasteiger partial charge in [-0.3, -0.25) is 20.1 Å². The third kappa shape index (κ3) is 8.50. The highest BCUT2D eigenvalue weighted by Crippen LogP contribution is 2.22. The van der Waals surface area contributed by atoms with Crippen LogP contribution < -0.4 is 28.7 Å². The Kier molecular flexibility index (Phi) is 11.0. The van der Waals surface area contributed by atoms with Crippen LogP contribution in [0.5, 0.6) is 0 Å². The highest BCUT2D eigenvalue weighted by Gasteiger charge is 2.13. The van der Waals surface area contributed by atoms with Crippen LogP contribution in [-0.4, -0.2) is 29.7 Å². The van der Waals surface area contributed by atoms with Crippen molar-refractivity contribution < 1.29 is 4.92 Å². The summed E-state index contributed by atoms with van der Waals surface area (Å²) in [4.78, 5) is 18.6. The number of rotatable bonds is 9.